The first kappa shape index (κ1) is 18.7. The highest BCUT2D eigenvalue weighted by molar-refractivity contribution is 7.10. The number of rotatable bonds is 4. The number of hydrogen-bond donors (Lipinski definition) is 2. The van der Waals surface area contributed by atoms with Gasteiger partial charge in [0, 0.05) is 16.9 Å². The van der Waals surface area contributed by atoms with Crippen molar-refractivity contribution in [2.24, 2.45) is 0 Å². The fraction of sp³-hybridized carbons (Fsp3) is 0.286. The molecule has 4 rings (SSSR count). The van der Waals surface area contributed by atoms with Gasteiger partial charge < -0.3 is 10.2 Å². The average Bonchev–Trinajstić information content (AvgIpc) is 3.29. The molecule has 3 heterocycles. The van der Waals surface area contributed by atoms with Crippen molar-refractivity contribution in [3.8, 4) is 0 Å². The molecule has 0 saturated carbocycles. The summed E-state index contributed by atoms with van der Waals surface area (Å²) in [5, 5.41) is 7.94. The lowest BCUT2D eigenvalue weighted by atomic mass is 9.98. The largest absolute Gasteiger partial charge is 0.320 e. The maximum Gasteiger partial charge on any atom is 0.279 e. The number of thiophene rings is 2. The molecule has 2 atom stereocenters. The third kappa shape index (κ3) is 3.83. The first-order valence-electron chi connectivity index (χ1n) is 9.04. The second kappa shape index (κ2) is 7.76. The fourth-order valence-corrected chi connectivity index (χ4v) is 6.10. The number of halogens is 1. The number of nitrogens with one attached hydrogen (secondary N) is 2. The predicted octanol–water partition coefficient (Wildman–Crippen LogP) is 4.25. The molecule has 0 spiro atoms. The molecular weight excluding hydrogens is 396 g/mol. The SMILES string of the molecule is Cc1cc(C)c(NC(=O)C[NH+]2CCc3sccc3[C@H]2c2cccs2)c(Cl)c1. The molecule has 0 radical (unpaired) electrons. The molecule has 1 amide bonds. The van der Waals surface area contributed by atoms with Crippen LogP contribution in [0.5, 0.6) is 0 Å². The molecule has 3 nitrogen and oxygen atoms in total. The zero-order chi connectivity index (χ0) is 19.0. The monoisotopic (exact) mass is 417 g/mol. The number of hydrogen-bond acceptors (Lipinski definition) is 3. The highest BCUT2D eigenvalue weighted by Gasteiger charge is 2.35. The third-order valence-corrected chi connectivity index (χ3v) is 7.32. The molecule has 0 bridgehead atoms. The van der Waals surface area contributed by atoms with Crippen molar-refractivity contribution < 1.29 is 9.69 Å². The van der Waals surface area contributed by atoms with Crippen molar-refractivity contribution in [2.75, 3.05) is 18.4 Å². The van der Waals surface area contributed by atoms with Gasteiger partial charge in [-0.1, -0.05) is 23.7 Å². The molecule has 3 aromatic rings. The number of anilines is 1. The number of amides is 1. The molecule has 2 aromatic heterocycles. The van der Waals surface area contributed by atoms with E-state index < -0.39 is 0 Å². The van der Waals surface area contributed by atoms with Crippen LogP contribution < -0.4 is 10.2 Å². The minimum absolute atomic E-state index is 0.0130. The summed E-state index contributed by atoms with van der Waals surface area (Å²) in [5.74, 6) is 0.0130. The lowest BCUT2D eigenvalue weighted by Gasteiger charge is -2.31. The van der Waals surface area contributed by atoms with Crippen molar-refractivity contribution in [3.05, 3.63) is 72.6 Å². The first-order valence-corrected chi connectivity index (χ1v) is 11.2. The van der Waals surface area contributed by atoms with E-state index in [-0.39, 0.29) is 11.9 Å². The summed E-state index contributed by atoms with van der Waals surface area (Å²) in [4.78, 5) is 16.9. The number of quaternary nitrogens is 1. The maximum absolute atomic E-state index is 12.9. The summed E-state index contributed by atoms with van der Waals surface area (Å²) < 4.78 is 0. The van der Waals surface area contributed by atoms with Crippen molar-refractivity contribution >= 4 is 45.9 Å². The summed E-state index contributed by atoms with van der Waals surface area (Å²) in [6, 6.07) is 10.7. The van der Waals surface area contributed by atoms with Crippen LogP contribution in [0.15, 0.2) is 41.1 Å². The van der Waals surface area contributed by atoms with Gasteiger partial charge in [-0.05, 0) is 53.9 Å². The topological polar surface area (TPSA) is 33.5 Å². The quantitative estimate of drug-likeness (QED) is 0.653. The zero-order valence-electron chi connectivity index (χ0n) is 15.3. The van der Waals surface area contributed by atoms with Gasteiger partial charge in [0.1, 0.15) is 6.04 Å². The Morgan fingerprint density at radius 3 is 2.85 bits per heavy atom. The Balaban J connectivity index is 1.56. The van der Waals surface area contributed by atoms with Crippen LogP contribution in [0, 0.1) is 13.8 Å². The van der Waals surface area contributed by atoms with Crippen molar-refractivity contribution in [3.63, 3.8) is 0 Å². The van der Waals surface area contributed by atoms with Gasteiger partial charge in [0.2, 0.25) is 0 Å². The predicted molar refractivity (Wildman–Crippen MR) is 114 cm³/mol. The van der Waals surface area contributed by atoms with Gasteiger partial charge in [0.15, 0.2) is 6.54 Å². The highest BCUT2D eigenvalue weighted by atomic mass is 35.5. The van der Waals surface area contributed by atoms with E-state index in [1.54, 1.807) is 11.3 Å². The second-order valence-electron chi connectivity index (χ2n) is 7.07. The minimum Gasteiger partial charge on any atom is -0.320 e. The normalized spacial score (nSPS) is 18.9. The van der Waals surface area contributed by atoms with E-state index in [9.17, 15) is 4.79 Å². The standard InChI is InChI=1S/C21H21ClN2OS2/c1-13-10-14(2)20(16(22)11-13)23-19(25)12-24-7-5-17-15(6-9-27-17)21(24)18-4-3-8-26-18/h3-4,6,8-11,21H,5,7,12H2,1-2H3,(H,23,25)/p+1/t21-/m0/s1. The summed E-state index contributed by atoms with van der Waals surface area (Å²) in [6.45, 7) is 5.38. The van der Waals surface area contributed by atoms with E-state index >= 15 is 0 Å². The van der Waals surface area contributed by atoms with E-state index in [1.807, 2.05) is 37.3 Å². The van der Waals surface area contributed by atoms with Gasteiger partial charge in [-0.15, -0.1) is 22.7 Å². The third-order valence-electron chi connectivity index (χ3n) is 5.08. The molecular formula is C21H22ClN2OS2+. The molecule has 1 unspecified atom stereocenters. The highest BCUT2D eigenvalue weighted by Crippen LogP contribution is 2.32. The molecule has 27 heavy (non-hydrogen) atoms. The number of carbonyl (C=O) groups excluding carboxylic acids is 1. The summed E-state index contributed by atoms with van der Waals surface area (Å²) >= 11 is 9.96. The molecule has 0 saturated heterocycles. The molecule has 2 N–H and O–H groups in total. The van der Waals surface area contributed by atoms with E-state index in [2.05, 4.69) is 34.3 Å². The first-order chi connectivity index (χ1) is 13.0. The Labute approximate surface area is 172 Å². The van der Waals surface area contributed by atoms with Crippen molar-refractivity contribution in [2.45, 2.75) is 26.3 Å². The van der Waals surface area contributed by atoms with E-state index in [0.717, 1.165) is 29.8 Å². The smallest absolute Gasteiger partial charge is 0.279 e. The molecule has 0 aliphatic carbocycles. The van der Waals surface area contributed by atoms with Gasteiger partial charge in [-0.3, -0.25) is 4.79 Å². The Hall–Kier alpha value is -1.66. The number of fused-ring (bicyclic) bond motifs is 1. The van der Waals surface area contributed by atoms with Gasteiger partial charge in [-0.25, -0.2) is 0 Å². The van der Waals surface area contributed by atoms with E-state index in [4.69, 9.17) is 11.6 Å². The molecule has 0 fully saturated rings. The van der Waals surface area contributed by atoms with Crippen LogP contribution in [0.4, 0.5) is 5.69 Å². The Morgan fingerprint density at radius 2 is 2.11 bits per heavy atom. The Kier molecular flexibility index (Phi) is 5.37. The van der Waals surface area contributed by atoms with Gasteiger partial charge in [-0.2, -0.15) is 0 Å². The Bertz CT molecular complexity index is 941. The number of carbonyl (C=O) groups is 1. The van der Waals surface area contributed by atoms with Crippen molar-refractivity contribution in [1.82, 2.24) is 0 Å². The number of aryl methyl sites for hydroxylation is 2. The molecule has 1 aliphatic heterocycles. The lowest BCUT2D eigenvalue weighted by molar-refractivity contribution is -0.919. The van der Waals surface area contributed by atoms with Crippen molar-refractivity contribution in [1.29, 1.82) is 0 Å². The summed E-state index contributed by atoms with van der Waals surface area (Å²) in [5.41, 5.74) is 4.20. The summed E-state index contributed by atoms with van der Waals surface area (Å²) in [6.07, 6.45) is 1.03. The van der Waals surface area contributed by atoms with Crippen LogP contribution in [0.2, 0.25) is 5.02 Å². The van der Waals surface area contributed by atoms with Crippen LogP contribution in [0.3, 0.4) is 0 Å². The second-order valence-corrected chi connectivity index (χ2v) is 9.46. The molecule has 1 aliphatic rings. The molecule has 1 aromatic carbocycles. The number of benzene rings is 1. The van der Waals surface area contributed by atoms with E-state index in [0.29, 0.717) is 11.6 Å². The van der Waals surface area contributed by atoms with Crippen LogP contribution >= 0.6 is 34.3 Å². The lowest BCUT2D eigenvalue weighted by Crippen LogP contribution is -3.14. The maximum atomic E-state index is 12.9. The molecule has 6 heteroatoms. The average molecular weight is 418 g/mol. The zero-order valence-corrected chi connectivity index (χ0v) is 17.7. The van der Waals surface area contributed by atoms with E-state index in [1.165, 1.54) is 20.2 Å². The van der Waals surface area contributed by atoms with Gasteiger partial charge >= 0.3 is 0 Å². The molecule has 140 valence electrons. The Morgan fingerprint density at radius 1 is 1.26 bits per heavy atom. The van der Waals surface area contributed by atoms with Crippen LogP contribution in [0.25, 0.3) is 0 Å². The summed E-state index contributed by atoms with van der Waals surface area (Å²) in [7, 11) is 0. The van der Waals surface area contributed by atoms with Gasteiger partial charge in [0.25, 0.3) is 5.91 Å². The van der Waals surface area contributed by atoms with Crippen LogP contribution in [0.1, 0.15) is 32.5 Å². The van der Waals surface area contributed by atoms with Crippen LogP contribution in [-0.4, -0.2) is 19.0 Å². The van der Waals surface area contributed by atoms with Gasteiger partial charge in [0.05, 0.1) is 22.1 Å². The van der Waals surface area contributed by atoms with Crippen LogP contribution in [-0.2, 0) is 11.2 Å². The minimum atomic E-state index is 0.0130. The fourth-order valence-electron chi connectivity index (χ4n) is 3.91.